The van der Waals surface area contributed by atoms with Crippen molar-refractivity contribution in [2.75, 3.05) is 20.2 Å². The van der Waals surface area contributed by atoms with E-state index < -0.39 is 0 Å². The van der Waals surface area contributed by atoms with Crippen LogP contribution in [0.2, 0.25) is 0 Å². The molecule has 1 fully saturated rings. The molecule has 1 rings (SSSR count). The minimum absolute atomic E-state index is 0.0541. The number of likely N-dealkylation sites (tertiary alicyclic amines) is 1. The number of hydrogen-bond acceptors (Lipinski definition) is 3. The second-order valence-corrected chi connectivity index (χ2v) is 3.38. The molecule has 74 valence electrons. The molecule has 0 aromatic rings. The largest absolute Gasteiger partial charge is 0.468 e. The summed E-state index contributed by atoms with van der Waals surface area (Å²) in [6, 6.07) is 0. The van der Waals surface area contributed by atoms with E-state index in [4.69, 9.17) is 0 Å². The quantitative estimate of drug-likeness (QED) is 0.586. The van der Waals surface area contributed by atoms with E-state index in [1.54, 1.807) is 4.90 Å². The van der Waals surface area contributed by atoms with E-state index in [1.165, 1.54) is 7.11 Å². The smallest absolute Gasteiger partial charge is 0.325 e. The number of esters is 1. The molecule has 0 N–H and O–H groups in total. The van der Waals surface area contributed by atoms with E-state index >= 15 is 0 Å². The zero-order valence-corrected chi connectivity index (χ0v) is 8.08. The van der Waals surface area contributed by atoms with Crippen molar-refractivity contribution in [1.29, 1.82) is 0 Å². The van der Waals surface area contributed by atoms with Crippen molar-refractivity contribution < 1.29 is 14.3 Å². The van der Waals surface area contributed by atoms with Crippen LogP contribution >= 0.6 is 0 Å². The predicted molar refractivity (Wildman–Crippen MR) is 47.0 cm³/mol. The summed E-state index contributed by atoms with van der Waals surface area (Å²) in [6.07, 6.45) is 1.90. The fourth-order valence-electron chi connectivity index (χ4n) is 1.51. The van der Waals surface area contributed by atoms with Crippen molar-refractivity contribution in [1.82, 2.24) is 4.90 Å². The van der Waals surface area contributed by atoms with Crippen molar-refractivity contribution in [3.05, 3.63) is 0 Å². The Labute approximate surface area is 77.8 Å². The topological polar surface area (TPSA) is 46.6 Å². The Morgan fingerprint density at radius 1 is 1.69 bits per heavy atom. The number of carbonyl (C=O) groups excluding carboxylic acids is 2. The molecular weight excluding hydrogens is 170 g/mol. The predicted octanol–water partition coefficient (Wildman–Crippen LogP) is 0.418. The lowest BCUT2D eigenvalue weighted by molar-refractivity contribution is -0.149. The normalized spacial score (nSPS) is 23.1. The van der Waals surface area contributed by atoms with Gasteiger partial charge in [0.05, 0.1) is 7.11 Å². The van der Waals surface area contributed by atoms with Gasteiger partial charge in [-0.1, -0.05) is 6.92 Å². The van der Waals surface area contributed by atoms with Crippen molar-refractivity contribution >= 4 is 11.9 Å². The highest BCUT2D eigenvalue weighted by molar-refractivity contribution is 5.83. The van der Waals surface area contributed by atoms with Crippen LogP contribution < -0.4 is 0 Å². The number of nitrogens with zero attached hydrogens (tertiary/aromatic N) is 1. The average molecular weight is 185 g/mol. The molecule has 0 bridgehead atoms. The molecule has 0 aromatic carbocycles. The Hall–Kier alpha value is -1.06. The molecule has 1 atom stereocenters. The number of ether oxygens (including phenoxy) is 1. The molecule has 1 unspecified atom stereocenters. The molecule has 1 aliphatic rings. The molecule has 13 heavy (non-hydrogen) atoms. The van der Waals surface area contributed by atoms with E-state index in [0.717, 1.165) is 12.8 Å². The fourth-order valence-corrected chi connectivity index (χ4v) is 1.51. The Kier molecular flexibility index (Phi) is 3.28. The van der Waals surface area contributed by atoms with Gasteiger partial charge in [0.15, 0.2) is 0 Å². The van der Waals surface area contributed by atoms with Gasteiger partial charge in [-0.2, -0.15) is 0 Å². The van der Waals surface area contributed by atoms with Gasteiger partial charge in [0.2, 0.25) is 5.91 Å². The third-order valence-electron chi connectivity index (χ3n) is 2.35. The SMILES string of the molecule is COC(=O)CN1CCCC(C)C1=O. The van der Waals surface area contributed by atoms with Crippen molar-refractivity contribution in [2.45, 2.75) is 19.8 Å². The van der Waals surface area contributed by atoms with E-state index in [9.17, 15) is 9.59 Å². The minimum Gasteiger partial charge on any atom is -0.468 e. The van der Waals surface area contributed by atoms with Crippen LogP contribution in [0.1, 0.15) is 19.8 Å². The van der Waals surface area contributed by atoms with Crippen LogP contribution in [0.25, 0.3) is 0 Å². The van der Waals surface area contributed by atoms with Gasteiger partial charge in [-0.15, -0.1) is 0 Å². The molecule has 4 nitrogen and oxygen atoms in total. The van der Waals surface area contributed by atoms with E-state index in [2.05, 4.69) is 4.74 Å². The highest BCUT2D eigenvalue weighted by Crippen LogP contribution is 2.16. The van der Waals surface area contributed by atoms with Gasteiger partial charge >= 0.3 is 5.97 Å². The van der Waals surface area contributed by atoms with Crippen LogP contribution in [0.3, 0.4) is 0 Å². The van der Waals surface area contributed by atoms with Crippen LogP contribution in [0, 0.1) is 5.92 Å². The number of rotatable bonds is 2. The first-order valence-electron chi connectivity index (χ1n) is 4.50. The third-order valence-corrected chi connectivity index (χ3v) is 2.35. The lowest BCUT2D eigenvalue weighted by Crippen LogP contribution is -2.43. The molecule has 1 heterocycles. The maximum absolute atomic E-state index is 11.5. The zero-order chi connectivity index (χ0) is 9.84. The summed E-state index contributed by atoms with van der Waals surface area (Å²) in [4.78, 5) is 24.0. The molecule has 1 saturated heterocycles. The summed E-state index contributed by atoms with van der Waals surface area (Å²) >= 11 is 0. The number of hydrogen-bond donors (Lipinski definition) is 0. The van der Waals surface area contributed by atoms with Crippen LogP contribution in [0.5, 0.6) is 0 Å². The third kappa shape index (κ3) is 2.44. The molecule has 0 aromatic heterocycles. The molecule has 0 saturated carbocycles. The molecule has 0 spiro atoms. The van der Waals surface area contributed by atoms with E-state index in [-0.39, 0.29) is 24.3 Å². The molecule has 0 aliphatic carbocycles. The van der Waals surface area contributed by atoms with Gasteiger partial charge in [-0.25, -0.2) is 0 Å². The molecule has 1 amide bonds. The minimum atomic E-state index is -0.345. The average Bonchev–Trinajstić information content (AvgIpc) is 2.13. The Bertz CT molecular complexity index is 215. The molecule has 0 radical (unpaired) electrons. The molecule has 4 heteroatoms. The van der Waals surface area contributed by atoms with E-state index in [1.807, 2.05) is 6.92 Å². The van der Waals surface area contributed by atoms with Gasteiger partial charge in [-0.05, 0) is 12.8 Å². The monoisotopic (exact) mass is 185 g/mol. The number of amides is 1. The summed E-state index contributed by atoms with van der Waals surface area (Å²) in [5.74, 6) is -0.225. The van der Waals surface area contributed by atoms with Crippen molar-refractivity contribution in [2.24, 2.45) is 5.92 Å². The fraction of sp³-hybridized carbons (Fsp3) is 0.778. The van der Waals surface area contributed by atoms with Crippen LogP contribution in [0.15, 0.2) is 0 Å². The van der Waals surface area contributed by atoms with Gasteiger partial charge in [0.25, 0.3) is 0 Å². The summed E-state index contributed by atoms with van der Waals surface area (Å²) < 4.78 is 4.50. The van der Waals surface area contributed by atoms with Gasteiger partial charge < -0.3 is 9.64 Å². The summed E-state index contributed by atoms with van der Waals surface area (Å²) in [5.41, 5.74) is 0. The summed E-state index contributed by atoms with van der Waals surface area (Å²) in [5, 5.41) is 0. The van der Waals surface area contributed by atoms with Crippen molar-refractivity contribution in [3.8, 4) is 0 Å². The van der Waals surface area contributed by atoms with Crippen LogP contribution in [0.4, 0.5) is 0 Å². The lowest BCUT2D eigenvalue weighted by atomic mass is 9.99. The van der Waals surface area contributed by atoms with Crippen LogP contribution in [-0.4, -0.2) is 37.0 Å². The Balaban J connectivity index is 2.49. The first-order chi connectivity index (χ1) is 6.15. The zero-order valence-electron chi connectivity index (χ0n) is 8.08. The second kappa shape index (κ2) is 4.25. The summed E-state index contributed by atoms with van der Waals surface area (Å²) in [6.45, 7) is 2.67. The first kappa shape index (κ1) is 10.0. The highest BCUT2D eigenvalue weighted by atomic mass is 16.5. The van der Waals surface area contributed by atoms with Crippen molar-refractivity contribution in [3.63, 3.8) is 0 Å². The van der Waals surface area contributed by atoms with E-state index in [0.29, 0.717) is 6.54 Å². The van der Waals surface area contributed by atoms with Gasteiger partial charge in [0.1, 0.15) is 6.54 Å². The summed E-state index contributed by atoms with van der Waals surface area (Å²) in [7, 11) is 1.33. The number of piperidine rings is 1. The maximum atomic E-state index is 11.5. The Morgan fingerprint density at radius 2 is 2.38 bits per heavy atom. The second-order valence-electron chi connectivity index (χ2n) is 3.38. The van der Waals surface area contributed by atoms with Gasteiger partial charge in [-0.3, -0.25) is 9.59 Å². The first-order valence-corrected chi connectivity index (χ1v) is 4.50. The highest BCUT2D eigenvalue weighted by Gasteiger charge is 2.26. The van der Waals surface area contributed by atoms with Crippen LogP contribution in [-0.2, 0) is 14.3 Å². The molecule has 1 aliphatic heterocycles. The molecular formula is C9H15NO3. The number of methoxy groups -OCH3 is 1. The standard InChI is InChI=1S/C9H15NO3/c1-7-4-3-5-10(9(7)12)6-8(11)13-2/h7H,3-6H2,1-2H3. The van der Waals surface area contributed by atoms with Gasteiger partial charge in [0, 0.05) is 12.5 Å². The Morgan fingerprint density at radius 3 is 3.00 bits per heavy atom. The maximum Gasteiger partial charge on any atom is 0.325 e. The lowest BCUT2D eigenvalue weighted by Gasteiger charge is -2.29. The number of carbonyl (C=O) groups is 2.